The third-order valence-electron chi connectivity index (χ3n) is 5.66. The molecule has 2 heterocycles. The van der Waals surface area contributed by atoms with Crippen molar-refractivity contribution in [2.24, 2.45) is 5.92 Å². The Morgan fingerprint density at radius 1 is 1.04 bits per heavy atom. The van der Waals surface area contributed by atoms with Gasteiger partial charge in [-0.15, -0.1) is 0 Å². The van der Waals surface area contributed by atoms with Gasteiger partial charge < -0.3 is 15.5 Å². The van der Waals surface area contributed by atoms with Gasteiger partial charge in [0.25, 0.3) is 0 Å². The van der Waals surface area contributed by atoms with E-state index in [1.165, 1.54) is 0 Å². The summed E-state index contributed by atoms with van der Waals surface area (Å²) in [4.78, 5) is 22.9. The van der Waals surface area contributed by atoms with Crippen LogP contribution in [0, 0.1) is 17.4 Å². The minimum atomic E-state index is 0.114. The topological polar surface area (TPSA) is 93.9 Å². The van der Waals surface area contributed by atoms with Crippen LogP contribution in [0.3, 0.4) is 0 Å². The molecule has 1 aliphatic carbocycles. The molecule has 0 unspecified atom stereocenters. The highest BCUT2D eigenvalue weighted by molar-refractivity contribution is 5.79. The zero-order valence-electron chi connectivity index (χ0n) is 15.9. The molecule has 1 aliphatic heterocycles. The average Bonchev–Trinajstić information content (AvgIpc) is 3.15. The lowest BCUT2D eigenvalue weighted by atomic mass is 9.90. The molecule has 2 N–H and O–H groups in total. The normalized spacial score (nSPS) is 26.8. The summed E-state index contributed by atoms with van der Waals surface area (Å²) in [5, 5.41) is 15.6. The molecule has 1 atom stereocenters. The fourth-order valence-corrected chi connectivity index (χ4v) is 4.10. The number of carbonyl (C=O) groups is 1. The molecule has 0 spiro atoms. The molecular weight excluding hydrogens is 340 g/mol. The van der Waals surface area contributed by atoms with Gasteiger partial charge in [-0.25, -0.2) is 9.97 Å². The standard InChI is InChI=1S/C20H30N6O/c21-15-26-13-10-18(14-26)24-19(27)16-6-1-3-8-17(9-4-2-7-16)25-20-22-11-5-12-23-20/h5,11-12,16-18H,1-4,6-10,13-14H2,(H,24,27)(H,22,23,25)/t16?,17?,18-/m1/s1. The van der Waals surface area contributed by atoms with Crippen LogP contribution >= 0.6 is 0 Å². The van der Waals surface area contributed by atoms with Crippen LogP contribution in [0.25, 0.3) is 0 Å². The van der Waals surface area contributed by atoms with Crippen molar-refractivity contribution in [2.75, 3.05) is 18.4 Å². The second-order valence-corrected chi connectivity index (χ2v) is 7.72. The highest BCUT2D eigenvalue weighted by atomic mass is 16.1. The van der Waals surface area contributed by atoms with Crippen molar-refractivity contribution >= 4 is 11.9 Å². The first-order valence-corrected chi connectivity index (χ1v) is 10.2. The molecule has 7 heteroatoms. The second kappa shape index (κ2) is 10.1. The molecule has 1 saturated heterocycles. The molecule has 2 aliphatic rings. The molecule has 0 bridgehead atoms. The van der Waals surface area contributed by atoms with Crippen LogP contribution in [0.1, 0.15) is 57.8 Å². The first-order chi connectivity index (χ1) is 13.2. The SMILES string of the molecule is N#CN1CC[C@@H](NC(=O)C2CCCCC(Nc3ncccn3)CCCC2)C1. The summed E-state index contributed by atoms with van der Waals surface area (Å²) in [6.07, 6.45) is 15.0. The van der Waals surface area contributed by atoms with E-state index in [1.54, 1.807) is 17.3 Å². The first kappa shape index (κ1) is 19.4. The fraction of sp³-hybridized carbons (Fsp3) is 0.700. The Kier molecular flexibility index (Phi) is 7.26. The van der Waals surface area contributed by atoms with E-state index in [-0.39, 0.29) is 17.9 Å². The maximum Gasteiger partial charge on any atom is 0.223 e. The largest absolute Gasteiger partial charge is 0.351 e. The number of anilines is 1. The predicted molar refractivity (Wildman–Crippen MR) is 104 cm³/mol. The van der Waals surface area contributed by atoms with E-state index in [2.05, 4.69) is 26.8 Å². The van der Waals surface area contributed by atoms with Gasteiger partial charge >= 0.3 is 0 Å². The van der Waals surface area contributed by atoms with Gasteiger partial charge in [0, 0.05) is 43.5 Å². The Balaban J connectivity index is 1.43. The summed E-state index contributed by atoms with van der Waals surface area (Å²) in [7, 11) is 0. The third kappa shape index (κ3) is 6.09. The van der Waals surface area contributed by atoms with Crippen LogP contribution in [-0.2, 0) is 4.79 Å². The molecule has 146 valence electrons. The number of aromatic nitrogens is 2. The number of nitriles is 1. The molecule has 1 saturated carbocycles. The molecule has 27 heavy (non-hydrogen) atoms. The summed E-state index contributed by atoms with van der Waals surface area (Å²) in [5.41, 5.74) is 0. The zero-order chi connectivity index (χ0) is 18.9. The molecule has 1 amide bonds. The number of likely N-dealkylation sites (tertiary alicyclic amines) is 1. The first-order valence-electron chi connectivity index (χ1n) is 10.2. The van der Waals surface area contributed by atoms with Crippen molar-refractivity contribution in [3.63, 3.8) is 0 Å². The maximum absolute atomic E-state index is 12.7. The molecule has 3 rings (SSSR count). The highest BCUT2D eigenvalue weighted by Crippen LogP contribution is 2.23. The van der Waals surface area contributed by atoms with Crippen molar-refractivity contribution in [3.05, 3.63) is 18.5 Å². The summed E-state index contributed by atoms with van der Waals surface area (Å²) >= 11 is 0. The minimum Gasteiger partial charge on any atom is -0.351 e. The molecule has 2 fully saturated rings. The third-order valence-corrected chi connectivity index (χ3v) is 5.66. The van der Waals surface area contributed by atoms with Crippen LogP contribution in [0.15, 0.2) is 18.5 Å². The predicted octanol–water partition coefficient (Wildman–Crippen LogP) is 2.68. The Morgan fingerprint density at radius 3 is 2.33 bits per heavy atom. The maximum atomic E-state index is 12.7. The number of hydrogen-bond donors (Lipinski definition) is 2. The summed E-state index contributed by atoms with van der Waals surface area (Å²) in [6, 6.07) is 2.37. The Hall–Kier alpha value is -2.36. The Bertz CT molecular complexity index is 619. The lowest BCUT2D eigenvalue weighted by Gasteiger charge is -2.23. The van der Waals surface area contributed by atoms with Gasteiger partial charge in [-0.1, -0.05) is 25.7 Å². The summed E-state index contributed by atoms with van der Waals surface area (Å²) < 4.78 is 0. The lowest BCUT2D eigenvalue weighted by molar-refractivity contribution is -0.126. The van der Waals surface area contributed by atoms with Gasteiger partial charge in [-0.2, -0.15) is 5.26 Å². The Labute approximate surface area is 161 Å². The van der Waals surface area contributed by atoms with E-state index in [0.717, 1.165) is 64.3 Å². The molecule has 0 radical (unpaired) electrons. The summed E-state index contributed by atoms with van der Waals surface area (Å²) in [6.45, 7) is 1.41. The minimum absolute atomic E-state index is 0.114. The monoisotopic (exact) mass is 370 g/mol. The van der Waals surface area contributed by atoms with Crippen molar-refractivity contribution in [1.82, 2.24) is 20.2 Å². The van der Waals surface area contributed by atoms with Gasteiger partial charge in [0.1, 0.15) is 0 Å². The van der Waals surface area contributed by atoms with Crippen molar-refractivity contribution in [2.45, 2.75) is 69.9 Å². The van der Waals surface area contributed by atoms with Gasteiger partial charge in [-0.05, 0) is 38.2 Å². The van der Waals surface area contributed by atoms with E-state index in [9.17, 15) is 4.79 Å². The molecule has 1 aromatic heterocycles. The van der Waals surface area contributed by atoms with Crippen LogP contribution in [0.2, 0.25) is 0 Å². The molecule has 1 aromatic rings. The zero-order valence-corrected chi connectivity index (χ0v) is 15.9. The van der Waals surface area contributed by atoms with Crippen LogP contribution < -0.4 is 10.6 Å². The number of rotatable bonds is 4. The van der Waals surface area contributed by atoms with Crippen LogP contribution in [0.5, 0.6) is 0 Å². The quantitative estimate of drug-likeness (QED) is 0.792. The summed E-state index contributed by atoms with van der Waals surface area (Å²) in [5.74, 6) is 1.01. The number of nitrogens with one attached hydrogen (secondary N) is 2. The van der Waals surface area contributed by atoms with Crippen LogP contribution in [-0.4, -0.2) is 45.9 Å². The number of hydrogen-bond acceptors (Lipinski definition) is 6. The van der Waals surface area contributed by atoms with E-state index in [0.29, 0.717) is 18.5 Å². The van der Waals surface area contributed by atoms with E-state index in [1.807, 2.05) is 6.07 Å². The van der Waals surface area contributed by atoms with Gasteiger partial charge in [0.2, 0.25) is 11.9 Å². The van der Waals surface area contributed by atoms with Gasteiger partial charge in [-0.3, -0.25) is 4.79 Å². The second-order valence-electron chi connectivity index (χ2n) is 7.72. The highest BCUT2D eigenvalue weighted by Gasteiger charge is 2.26. The van der Waals surface area contributed by atoms with Crippen molar-refractivity contribution in [3.8, 4) is 6.19 Å². The number of amides is 1. The molecule has 7 nitrogen and oxygen atoms in total. The molecular formula is C20H30N6O. The van der Waals surface area contributed by atoms with Crippen molar-refractivity contribution < 1.29 is 4.79 Å². The van der Waals surface area contributed by atoms with Crippen LogP contribution in [0.4, 0.5) is 5.95 Å². The van der Waals surface area contributed by atoms with Gasteiger partial charge in [0.15, 0.2) is 6.19 Å². The lowest BCUT2D eigenvalue weighted by Crippen LogP contribution is -2.40. The Morgan fingerprint density at radius 2 is 1.70 bits per heavy atom. The molecule has 0 aromatic carbocycles. The smallest absolute Gasteiger partial charge is 0.223 e. The van der Waals surface area contributed by atoms with Crippen molar-refractivity contribution in [1.29, 1.82) is 5.26 Å². The van der Waals surface area contributed by atoms with Gasteiger partial charge in [0.05, 0.1) is 0 Å². The fourth-order valence-electron chi connectivity index (χ4n) is 4.10. The van der Waals surface area contributed by atoms with E-state index in [4.69, 9.17) is 5.26 Å². The van der Waals surface area contributed by atoms with E-state index >= 15 is 0 Å². The average molecular weight is 371 g/mol. The number of nitrogens with zero attached hydrogens (tertiary/aromatic N) is 4. The number of carbonyl (C=O) groups excluding carboxylic acids is 1. The van der Waals surface area contributed by atoms with E-state index < -0.39 is 0 Å².